The molecule has 0 aromatic heterocycles. The molecule has 1 aliphatic carbocycles. The smallest absolute Gasteiger partial charge is 0.0198 e. The van der Waals surface area contributed by atoms with E-state index < -0.39 is 0 Å². The molecule has 1 aliphatic heterocycles. The Morgan fingerprint density at radius 1 is 1.25 bits per heavy atom. The number of piperidine rings is 1. The molecule has 2 nitrogen and oxygen atoms in total. The number of hydrogen-bond donors (Lipinski definition) is 1. The van der Waals surface area contributed by atoms with Crippen LogP contribution in [0.2, 0.25) is 0 Å². The fourth-order valence-electron chi connectivity index (χ4n) is 2.99. The van der Waals surface area contributed by atoms with Gasteiger partial charge >= 0.3 is 0 Å². The predicted octanol–water partition coefficient (Wildman–Crippen LogP) is 2.49. The van der Waals surface area contributed by atoms with E-state index in [2.05, 4.69) is 31.0 Å². The summed E-state index contributed by atoms with van der Waals surface area (Å²) in [6.07, 6.45) is 5.76. The van der Waals surface area contributed by atoms with Crippen molar-refractivity contribution >= 4 is 0 Å². The number of nitrogens with zero attached hydrogens (tertiary/aromatic N) is 1. The third kappa shape index (κ3) is 3.21. The highest BCUT2D eigenvalue weighted by Crippen LogP contribution is 2.26. The second-order valence-corrected chi connectivity index (χ2v) is 6.29. The Morgan fingerprint density at radius 3 is 2.56 bits per heavy atom. The summed E-state index contributed by atoms with van der Waals surface area (Å²) < 4.78 is 0. The highest BCUT2D eigenvalue weighted by Gasteiger charge is 2.27. The van der Waals surface area contributed by atoms with Gasteiger partial charge in [0.2, 0.25) is 0 Å². The molecule has 0 aromatic carbocycles. The van der Waals surface area contributed by atoms with E-state index in [0.717, 1.165) is 17.9 Å². The summed E-state index contributed by atoms with van der Waals surface area (Å²) in [5.41, 5.74) is 0. The van der Waals surface area contributed by atoms with Crippen LogP contribution in [0.4, 0.5) is 0 Å². The first kappa shape index (κ1) is 12.4. The Bertz CT molecular complexity index is 211. The third-order valence-corrected chi connectivity index (χ3v) is 4.34. The van der Waals surface area contributed by atoms with Gasteiger partial charge in [0.05, 0.1) is 0 Å². The van der Waals surface area contributed by atoms with Crippen molar-refractivity contribution in [3.05, 3.63) is 0 Å². The van der Waals surface area contributed by atoms with Crippen molar-refractivity contribution in [2.75, 3.05) is 19.6 Å². The molecule has 2 aliphatic rings. The van der Waals surface area contributed by atoms with Crippen molar-refractivity contribution in [2.45, 2.75) is 58.5 Å². The second kappa shape index (κ2) is 5.50. The molecule has 1 saturated heterocycles. The van der Waals surface area contributed by atoms with Gasteiger partial charge in [-0.15, -0.1) is 0 Å². The lowest BCUT2D eigenvalue weighted by Gasteiger charge is -2.40. The van der Waals surface area contributed by atoms with E-state index in [1.165, 1.54) is 45.3 Å². The van der Waals surface area contributed by atoms with Crippen LogP contribution in [-0.4, -0.2) is 36.6 Å². The van der Waals surface area contributed by atoms with E-state index in [4.69, 9.17) is 0 Å². The standard InChI is InChI=1S/C14H28N2/c1-11(2)16-9-12(3)7-14(10-16)15-8-13-5-4-6-13/h11-15H,4-10H2,1-3H3. The molecule has 2 unspecified atom stereocenters. The monoisotopic (exact) mass is 224 g/mol. The number of hydrogen-bond acceptors (Lipinski definition) is 2. The van der Waals surface area contributed by atoms with E-state index in [-0.39, 0.29) is 0 Å². The molecule has 0 amide bonds. The fourth-order valence-corrected chi connectivity index (χ4v) is 2.99. The van der Waals surface area contributed by atoms with Crippen LogP contribution in [0, 0.1) is 11.8 Å². The second-order valence-electron chi connectivity index (χ2n) is 6.29. The van der Waals surface area contributed by atoms with Crippen LogP contribution in [0.5, 0.6) is 0 Å². The summed E-state index contributed by atoms with van der Waals surface area (Å²) in [6, 6.07) is 1.45. The minimum absolute atomic E-state index is 0.704. The van der Waals surface area contributed by atoms with E-state index in [1.807, 2.05) is 0 Å². The summed E-state index contributed by atoms with van der Waals surface area (Å²) in [5, 5.41) is 3.80. The summed E-state index contributed by atoms with van der Waals surface area (Å²) in [4.78, 5) is 2.63. The number of nitrogens with one attached hydrogen (secondary N) is 1. The van der Waals surface area contributed by atoms with Crippen molar-refractivity contribution in [1.29, 1.82) is 0 Å². The summed E-state index contributed by atoms with van der Waals surface area (Å²) in [5.74, 6) is 1.85. The molecular formula is C14H28N2. The lowest BCUT2D eigenvalue weighted by molar-refractivity contribution is 0.114. The Kier molecular flexibility index (Phi) is 4.26. The van der Waals surface area contributed by atoms with Gasteiger partial charge in [-0.05, 0) is 51.5 Å². The zero-order chi connectivity index (χ0) is 11.5. The van der Waals surface area contributed by atoms with Crippen molar-refractivity contribution in [1.82, 2.24) is 10.2 Å². The maximum absolute atomic E-state index is 3.80. The molecule has 1 saturated carbocycles. The van der Waals surface area contributed by atoms with Crippen molar-refractivity contribution in [2.24, 2.45) is 11.8 Å². The molecule has 2 atom stereocenters. The fraction of sp³-hybridized carbons (Fsp3) is 1.00. The van der Waals surface area contributed by atoms with Gasteiger partial charge in [-0.3, -0.25) is 4.90 Å². The van der Waals surface area contributed by atoms with E-state index in [0.29, 0.717) is 6.04 Å². The van der Waals surface area contributed by atoms with E-state index in [1.54, 1.807) is 0 Å². The molecule has 1 heterocycles. The quantitative estimate of drug-likeness (QED) is 0.789. The molecule has 16 heavy (non-hydrogen) atoms. The molecule has 0 bridgehead atoms. The molecule has 0 aromatic rings. The van der Waals surface area contributed by atoms with Crippen LogP contribution >= 0.6 is 0 Å². The van der Waals surface area contributed by atoms with E-state index >= 15 is 0 Å². The molecule has 94 valence electrons. The molecule has 0 spiro atoms. The lowest BCUT2D eigenvalue weighted by Crippen LogP contribution is -2.51. The van der Waals surface area contributed by atoms with Crippen molar-refractivity contribution < 1.29 is 0 Å². The zero-order valence-corrected chi connectivity index (χ0v) is 11.2. The first-order valence-corrected chi connectivity index (χ1v) is 7.12. The largest absolute Gasteiger partial charge is 0.312 e. The van der Waals surface area contributed by atoms with Crippen molar-refractivity contribution in [3.8, 4) is 0 Å². The maximum atomic E-state index is 3.80. The number of rotatable bonds is 4. The average Bonchev–Trinajstić information content (AvgIpc) is 2.14. The molecule has 1 N–H and O–H groups in total. The minimum atomic E-state index is 0.704. The topological polar surface area (TPSA) is 15.3 Å². The Balaban J connectivity index is 1.74. The van der Waals surface area contributed by atoms with Crippen LogP contribution in [0.1, 0.15) is 46.5 Å². The summed E-state index contributed by atoms with van der Waals surface area (Å²) in [7, 11) is 0. The van der Waals surface area contributed by atoms with Crippen molar-refractivity contribution in [3.63, 3.8) is 0 Å². The highest BCUT2D eigenvalue weighted by molar-refractivity contribution is 4.84. The molecule has 2 fully saturated rings. The normalized spacial score (nSPS) is 33.0. The van der Waals surface area contributed by atoms with Gasteiger partial charge in [-0.1, -0.05) is 13.3 Å². The lowest BCUT2D eigenvalue weighted by atomic mass is 9.85. The molecule has 2 rings (SSSR count). The number of likely N-dealkylation sites (tertiary alicyclic amines) is 1. The summed E-state index contributed by atoms with van der Waals surface area (Å²) in [6.45, 7) is 10.9. The van der Waals surface area contributed by atoms with Crippen LogP contribution < -0.4 is 5.32 Å². The van der Waals surface area contributed by atoms with Gasteiger partial charge in [0.25, 0.3) is 0 Å². The van der Waals surface area contributed by atoms with Gasteiger partial charge in [0.15, 0.2) is 0 Å². The molecule has 0 radical (unpaired) electrons. The van der Waals surface area contributed by atoms with Gasteiger partial charge in [-0.2, -0.15) is 0 Å². The first-order valence-electron chi connectivity index (χ1n) is 7.12. The SMILES string of the molecule is CC1CC(NCC2CCC2)CN(C(C)C)C1. The minimum Gasteiger partial charge on any atom is -0.312 e. The Morgan fingerprint density at radius 2 is 2.00 bits per heavy atom. The first-order chi connectivity index (χ1) is 7.65. The zero-order valence-electron chi connectivity index (χ0n) is 11.2. The molecular weight excluding hydrogens is 196 g/mol. The highest BCUT2D eigenvalue weighted by atomic mass is 15.2. The van der Waals surface area contributed by atoms with Crippen LogP contribution in [0.15, 0.2) is 0 Å². The van der Waals surface area contributed by atoms with Crippen LogP contribution in [0.3, 0.4) is 0 Å². The van der Waals surface area contributed by atoms with Crippen LogP contribution in [-0.2, 0) is 0 Å². The molecule has 2 heteroatoms. The van der Waals surface area contributed by atoms with Gasteiger partial charge < -0.3 is 5.32 Å². The van der Waals surface area contributed by atoms with E-state index in [9.17, 15) is 0 Å². The average molecular weight is 224 g/mol. The Hall–Kier alpha value is -0.0800. The van der Waals surface area contributed by atoms with Gasteiger partial charge in [-0.25, -0.2) is 0 Å². The predicted molar refractivity (Wildman–Crippen MR) is 69.6 cm³/mol. The van der Waals surface area contributed by atoms with Gasteiger partial charge in [0.1, 0.15) is 0 Å². The van der Waals surface area contributed by atoms with Gasteiger partial charge in [0, 0.05) is 25.2 Å². The summed E-state index contributed by atoms with van der Waals surface area (Å²) >= 11 is 0. The maximum Gasteiger partial charge on any atom is 0.0198 e. The van der Waals surface area contributed by atoms with Crippen LogP contribution in [0.25, 0.3) is 0 Å². The Labute approximate surface area is 101 Å². The third-order valence-electron chi connectivity index (χ3n) is 4.34.